The Labute approximate surface area is 347 Å². The number of pyridine rings is 2. The molecule has 0 saturated heterocycles. The molecule has 60 heavy (non-hydrogen) atoms. The van der Waals surface area contributed by atoms with Crippen LogP contribution in [0, 0.1) is 0 Å². The first-order valence-corrected chi connectivity index (χ1v) is 20.1. The van der Waals surface area contributed by atoms with E-state index >= 15 is 0 Å². The van der Waals surface area contributed by atoms with Gasteiger partial charge < -0.3 is 0 Å². The highest BCUT2D eigenvalue weighted by atomic mass is 15.0. The van der Waals surface area contributed by atoms with Crippen molar-refractivity contribution in [3.05, 3.63) is 219 Å². The molecule has 0 amide bonds. The smallest absolute Gasteiger partial charge is 0.160 e. The van der Waals surface area contributed by atoms with Crippen molar-refractivity contribution in [1.29, 1.82) is 0 Å². The number of hydrogen-bond acceptors (Lipinski definition) is 4. The highest BCUT2D eigenvalue weighted by Crippen LogP contribution is 2.38. The third-order valence-electron chi connectivity index (χ3n) is 11.0. The number of nitrogens with zero attached hydrogens (tertiary/aromatic N) is 6. The third-order valence-corrected chi connectivity index (χ3v) is 11.0. The van der Waals surface area contributed by atoms with Crippen molar-refractivity contribution in [1.82, 2.24) is 28.7 Å². The molecule has 11 aromatic rings. The summed E-state index contributed by atoms with van der Waals surface area (Å²) >= 11 is 0. The van der Waals surface area contributed by atoms with E-state index in [0.29, 0.717) is 5.82 Å². The summed E-state index contributed by atoms with van der Waals surface area (Å²) in [4.78, 5) is 20.8. The van der Waals surface area contributed by atoms with E-state index in [4.69, 9.17) is 19.9 Å². The van der Waals surface area contributed by atoms with Crippen LogP contribution < -0.4 is 0 Å². The Kier molecular flexibility index (Phi) is 8.71. The lowest BCUT2D eigenvalue weighted by molar-refractivity contribution is 1.18. The van der Waals surface area contributed by atoms with E-state index in [1.165, 1.54) is 0 Å². The third kappa shape index (κ3) is 6.42. The van der Waals surface area contributed by atoms with Crippen LogP contribution in [0.5, 0.6) is 0 Å². The Morgan fingerprint density at radius 2 is 0.650 bits per heavy atom. The maximum Gasteiger partial charge on any atom is 0.160 e. The van der Waals surface area contributed by atoms with Crippen molar-refractivity contribution in [2.45, 2.75) is 0 Å². The van der Waals surface area contributed by atoms with Crippen LogP contribution in [0.3, 0.4) is 0 Å². The van der Waals surface area contributed by atoms with Crippen molar-refractivity contribution < 1.29 is 0 Å². The van der Waals surface area contributed by atoms with Crippen LogP contribution in [-0.2, 0) is 0 Å². The predicted octanol–water partition coefficient (Wildman–Crippen LogP) is 13.1. The minimum Gasteiger partial charge on any atom is -0.299 e. The summed E-state index contributed by atoms with van der Waals surface area (Å²) in [6.45, 7) is 0. The average Bonchev–Trinajstić information content (AvgIpc) is 3.92. The standard InChI is InChI=1S/C54H36N6/c1-4-16-37(17-5-1)38-28-30-41(31-29-38)54-55-46(42-22-14-24-44(34-42)52-50(39-18-6-2-7-19-39)57-48-26-10-12-32-59(48)52)36-47(56-54)43-23-15-25-45(35-43)53-51(40-20-8-3-9-21-40)58-49-27-11-13-33-60(49)53/h1-36H. The molecule has 0 fully saturated rings. The number of benzene rings is 6. The van der Waals surface area contributed by atoms with E-state index in [-0.39, 0.29) is 0 Å². The van der Waals surface area contributed by atoms with Crippen molar-refractivity contribution >= 4 is 11.3 Å². The molecule has 0 bridgehead atoms. The van der Waals surface area contributed by atoms with Crippen molar-refractivity contribution in [2.24, 2.45) is 0 Å². The number of hydrogen-bond donors (Lipinski definition) is 0. The van der Waals surface area contributed by atoms with Gasteiger partial charge in [-0.05, 0) is 53.6 Å². The van der Waals surface area contributed by atoms with Gasteiger partial charge in [-0.15, -0.1) is 0 Å². The first-order valence-electron chi connectivity index (χ1n) is 20.1. The fourth-order valence-electron chi connectivity index (χ4n) is 8.10. The summed E-state index contributed by atoms with van der Waals surface area (Å²) in [6.07, 6.45) is 4.16. The Bertz CT molecular complexity index is 3120. The molecule has 282 valence electrons. The molecule has 6 heteroatoms. The van der Waals surface area contributed by atoms with E-state index in [0.717, 1.165) is 95.5 Å². The van der Waals surface area contributed by atoms with Gasteiger partial charge >= 0.3 is 0 Å². The van der Waals surface area contributed by atoms with Gasteiger partial charge in [-0.2, -0.15) is 0 Å². The van der Waals surface area contributed by atoms with Crippen molar-refractivity contribution in [2.75, 3.05) is 0 Å². The summed E-state index contributed by atoms with van der Waals surface area (Å²) in [5.74, 6) is 0.650. The zero-order valence-electron chi connectivity index (χ0n) is 32.5. The zero-order valence-corrected chi connectivity index (χ0v) is 32.5. The lowest BCUT2D eigenvalue weighted by Gasteiger charge is -2.13. The Morgan fingerprint density at radius 1 is 0.267 bits per heavy atom. The lowest BCUT2D eigenvalue weighted by Crippen LogP contribution is -1.97. The molecular weight excluding hydrogens is 733 g/mol. The van der Waals surface area contributed by atoms with E-state index in [9.17, 15) is 0 Å². The van der Waals surface area contributed by atoms with Gasteiger partial charge in [-0.3, -0.25) is 8.80 Å². The molecule has 11 rings (SSSR count). The van der Waals surface area contributed by atoms with Crippen LogP contribution in [0.15, 0.2) is 219 Å². The number of fused-ring (bicyclic) bond motifs is 2. The molecule has 0 aliphatic heterocycles. The highest BCUT2D eigenvalue weighted by Gasteiger charge is 2.20. The SMILES string of the molecule is c1ccc(-c2ccc(-c3nc(-c4cccc(-c5c(-c6ccccc6)nc6ccccn56)c4)cc(-c4cccc(-c5c(-c6ccccc6)nc6ccccn56)c4)n3)cc2)cc1. The topological polar surface area (TPSA) is 60.4 Å². The van der Waals surface area contributed by atoms with Crippen LogP contribution >= 0.6 is 0 Å². The molecule has 6 aromatic carbocycles. The first kappa shape index (κ1) is 35.0. The number of imidazole rings is 2. The molecule has 0 aliphatic rings. The van der Waals surface area contributed by atoms with Gasteiger partial charge in [0.15, 0.2) is 5.82 Å². The Balaban J connectivity index is 1.08. The van der Waals surface area contributed by atoms with E-state index in [1.807, 2.05) is 42.5 Å². The molecule has 0 saturated carbocycles. The number of rotatable bonds is 8. The fraction of sp³-hybridized carbons (Fsp3) is 0. The molecule has 0 radical (unpaired) electrons. The molecule has 0 N–H and O–H groups in total. The molecular formula is C54H36N6. The monoisotopic (exact) mass is 768 g/mol. The molecule has 0 atom stereocenters. The molecule has 0 aliphatic carbocycles. The minimum atomic E-state index is 0.650. The average molecular weight is 769 g/mol. The Morgan fingerprint density at radius 3 is 1.13 bits per heavy atom. The molecule has 0 spiro atoms. The molecule has 0 unspecified atom stereocenters. The summed E-state index contributed by atoms with van der Waals surface area (Å²) < 4.78 is 4.34. The summed E-state index contributed by atoms with van der Waals surface area (Å²) in [5, 5.41) is 0. The van der Waals surface area contributed by atoms with E-state index in [2.05, 4.69) is 185 Å². The molecule has 6 nitrogen and oxygen atoms in total. The van der Waals surface area contributed by atoms with E-state index in [1.54, 1.807) is 0 Å². The van der Waals surface area contributed by atoms with Gasteiger partial charge in [0.25, 0.3) is 0 Å². The van der Waals surface area contributed by atoms with Gasteiger partial charge in [0.1, 0.15) is 11.3 Å². The van der Waals surface area contributed by atoms with Gasteiger partial charge in [-0.1, -0.05) is 164 Å². The van der Waals surface area contributed by atoms with Crippen LogP contribution in [0.25, 0.3) is 101 Å². The van der Waals surface area contributed by atoms with Crippen LogP contribution in [-0.4, -0.2) is 28.7 Å². The van der Waals surface area contributed by atoms with Crippen LogP contribution in [0.1, 0.15) is 0 Å². The quantitative estimate of drug-likeness (QED) is 0.154. The summed E-state index contributed by atoms with van der Waals surface area (Å²) in [5.41, 5.74) is 16.8. The van der Waals surface area contributed by atoms with Crippen molar-refractivity contribution in [3.63, 3.8) is 0 Å². The van der Waals surface area contributed by atoms with E-state index < -0.39 is 0 Å². The number of aromatic nitrogens is 6. The second-order valence-electron chi connectivity index (χ2n) is 14.8. The highest BCUT2D eigenvalue weighted by molar-refractivity contribution is 5.86. The van der Waals surface area contributed by atoms with Crippen LogP contribution in [0.4, 0.5) is 0 Å². The first-order chi connectivity index (χ1) is 29.7. The fourth-order valence-corrected chi connectivity index (χ4v) is 8.10. The normalized spacial score (nSPS) is 11.3. The molecule has 5 aromatic heterocycles. The largest absolute Gasteiger partial charge is 0.299 e. The van der Waals surface area contributed by atoms with Gasteiger partial charge in [-0.25, -0.2) is 19.9 Å². The van der Waals surface area contributed by atoms with Crippen LogP contribution in [0.2, 0.25) is 0 Å². The second-order valence-corrected chi connectivity index (χ2v) is 14.8. The summed E-state index contributed by atoms with van der Waals surface area (Å²) in [7, 11) is 0. The minimum absolute atomic E-state index is 0.650. The Hall–Kier alpha value is -8.22. The second kappa shape index (κ2) is 14.9. The maximum atomic E-state index is 5.29. The van der Waals surface area contributed by atoms with Crippen molar-refractivity contribution in [3.8, 4) is 90.1 Å². The van der Waals surface area contributed by atoms with Gasteiger partial charge in [0, 0.05) is 51.3 Å². The van der Waals surface area contributed by atoms with Gasteiger partial charge in [0.05, 0.1) is 34.2 Å². The maximum absolute atomic E-state index is 5.29. The zero-order chi connectivity index (χ0) is 39.8. The predicted molar refractivity (Wildman–Crippen MR) is 243 cm³/mol. The lowest BCUT2D eigenvalue weighted by atomic mass is 9.99. The molecule has 5 heterocycles. The summed E-state index contributed by atoms with van der Waals surface area (Å²) in [6, 6.07) is 71.3. The van der Waals surface area contributed by atoms with Gasteiger partial charge in [0.2, 0.25) is 0 Å².